The van der Waals surface area contributed by atoms with Crippen molar-refractivity contribution in [2.24, 2.45) is 10.7 Å². The minimum absolute atomic E-state index is 0.0457. The fraction of sp³-hybridized carbons (Fsp3) is 0.125. The minimum atomic E-state index is -1.89. The zero-order valence-electron chi connectivity index (χ0n) is 18.6. The van der Waals surface area contributed by atoms with E-state index in [0.717, 1.165) is 5.56 Å². The van der Waals surface area contributed by atoms with Gasteiger partial charge in [0.25, 0.3) is 5.91 Å². The molecule has 0 fully saturated rings. The molecular formula is C24H25FN4O3PS+. The highest BCUT2D eigenvalue weighted by Gasteiger charge is 2.25. The summed E-state index contributed by atoms with van der Waals surface area (Å²) in [5, 5.41) is 24.2. The van der Waals surface area contributed by atoms with Gasteiger partial charge in [-0.05, 0) is 53.8 Å². The second kappa shape index (κ2) is 11.2. The number of carbonyl (C=O) groups is 1. The Morgan fingerprint density at radius 1 is 1.24 bits per heavy atom. The Morgan fingerprint density at radius 2 is 1.94 bits per heavy atom. The lowest BCUT2D eigenvalue weighted by Crippen LogP contribution is -2.34. The summed E-state index contributed by atoms with van der Waals surface area (Å²) in [6, 6.07) is 14.2. The van der Waals surface area contributed by atoms with E-state index in [-0.39, 0.29) is 23.7 Å². The number of halogens is 1. The number of aliphatic hydroxyl groups is 1. The van der Waals surface area contributed by atoms with Crippen LogP contribution in [0, 0.1) is 18.2 Å². The molecule has 0 aliphatic rings. The Bertz CT molecular complexity index is 1260. The third-order valence-electron chi connectivity index (χ3n) is 4.87. The molecule has 3 rings (SSSR count). The maximum Gasteiger partial charge on any atom is 0.259 e. The molecule has 1 atom stereocenters. The first-order valence-corrected chi connectivity index (χ1v) is 13.1. The largest absolute Gasteiger partial charge is 0.505 e. The molecule has 0 radical (unpaired) electrons. The number of hydrogen-bond donors (Lipinski definition) is 5. The maximum atomic E-state index is 13.2. The standard InChI is InChI=1S/C24H24FN4O3PS/c1-14-5-10-17(18(12-14)33(2)32)29-23(27)20(22(30)21(26)19-4-3-11-34-19)24(31)28-13-15-6-8-16(25)9-7-15/h3-12,26,30,32H,13H2,1-2H3,(H2,27,29)(H,28,31)/p+1. The third-order valence-corrected chi connectivity index (χ3v) is 6.94. The number of nitrogens with one attached hydrogen (secondary N) is 2. The van der Waals surface area contributed by atoms with E-state index in [1.54, 1.807) is 42.4 Å². The Balaban J connectivity index is 2.01. The second-order valence-electron chi connectivity index (χ2n) is 7.49. The number of hydrogen-bond acceptors (Lipinski definition) is 6. The van der Waals surface area contributed by atoms with Crippen LogP contribution >= 0.6 is 19.5 Å². The number of nitrogens with two attached hydrogens (primary N) is 1. The Morgan fingerprint density at radius 3 is 2.56 bits per heavy atom. The number of rotatable bonds is 8. The predicted octanol–water partition coefficient (Wildman–Crippen LogP) is 3.76. The molecular weight excluding hydrogens is 474 g/mol. The smallest absolute Gasteiger partial charge is 0.259 e. The summed E-state index contributed by atoms with van der Waals surface area (Å²) < 4.78 is 13.2. The monoisotopic (exact) mass is 499 g/mol. The SMILES string of the molecule is Cc1ccc(N=C(N)C(C(=O)NCc2ccc(F)cc2)=C(O)C(=N)c2cccs2)c([PH+](C)O)c1. The van der Waals surface area contributed by atoms with Crippen LogP contribution in [0.25, 0.3) is 0 Å². The highest BCUT2D eigenvalue weighted by molar-refractivity contribution is 7.59. The summed E-state index contributed by atoms with van der Waals surface area (Å²) in [6.45, 7) is 3.61. The highest BCUT2D eigenvalue weighted by Crippen LogP contribution is 2.30. The van der Waals surface area contributed by atoms with E-state index >= 15 is 0 Å². The minimum Gasteiger partial charge on any atom is -0.505 e. The van der Waals surface area contributed by atoms with Crippen molar-refractivity contribution in [2.45, 2.75) is 13.5 Å². The van der Waals surface area contributed by atoms with Crippen molar-refractivity contribution < 1.29 is 19.2 Å². The number of nitrogens with zero attached hydrogens (tertiary/aromatic N) is 1. The van der Waals surface area contributed by atoms with Crippen LogP contribution in [-0.2, 0) is 11.3 Å². The Kier molecular flexibility index (Phi) is 8.28. The normalized spacial score (nSPS) is 13.2. The molecule has 3 aromatic rings. The number of thiophene rings is 1. The van der Waals surface area contributed by atoms with Gasteiger partial charge in [-0.3, -0.25) is 10.2 Å². The van der Waals surface area contributed by atoms with Crippen LogP contribution in [0.4, 0.5) is 10.1 Å². The number of aryl methyl sites for hydroxylation is 1. The van der Waals surface area contributed by atoms with E-state index in [1.165, 1.54) is 35.6 Å². The summed E-state index contributed by atoms with van der Waals surface area (Å²) in [7, 11) is -1.89. The molecule has 2 aromatic carbocycles. The molecule has 176 valence electrons. The molecule has 1 aromatic heterocycles. The Hall–Kier alpha value is -3.39. The van der Waals surface area contributed by atoms with Crippen molar-refractivity contribution in [1.82, 2.24) is 5.32 Å². The average Bonchev–Trinajstić information content (AvgIpc) is 3.34. The number of allylic oxidation sites excluding steroid dienone is 1. The lowest BCUT2D eigenvalue weighted by atomic mass is 10.1. The van der Waals surface area contributed by atoms with Gasteiger partial charge >= 0.3 is 0 Å². The van der Waals surface area contributed by atoms with Crippen LogP contribution in [0.15, 0.2) is 76.3 Å². The van der Waals surface area contributed by atoms with Crippen LogP contribution in [0.3, 0.4) is 0 Å². The third kappa shape index (κ3) is 6.14. The zero-order chi connectivity index (χ0) is 24.8. The van der Waals surface area contributed by atoms with Crippen LogP contribution in [-0.4, -0.2) is 34.1 Å². The van der Waals surface area contributed by atoms with Crippen molar-refractivity contribution in [3.05, 3.63) is 93.1 Å². The van der Waals surface area contributed by atoms with Crippen molar-refractivity contribution in [3.63, 3.8) is 0 Å². The summed E-state index contributed by atoms with van der Waals surface area (Å²) in [4.78, 5) is 28.1. The van der Waals surface area contributed by atoms with Gasteiger partial charge in [-0.15, -0.1) is 11.3 Å². The molecule has 0 bridgehead atoms. The molecule has 10 heteroatoms. The molecule has 0 aliphatic heterocycles. The molecule has 1 heterocycles. The molecule has 0 spiro atoms. The van der Waals surface area contributed by atoms with Crippen molar-refractivity contribution in [3.8, 4) is 0 Å². The summed E-state index contributed by atoms with van der Waals surface area (Å²) in [5.74, 6) is -2.07. The van der Waals surface area contributed by atoms with Crippen LogP contribution < -0.4 is 16.4 Å². The number of benzene rings is 2. The predicted molar refractivity (Wildman–Crippen MR) is 138 cm³/mol. The second-order valence-corrected chi connectivity index (χ2v) is 10.1. The average molecular weight is 500 g/mol. The molecule has 1 amide bonds. The molecule has 0 aliphatic carbocycles. The molecule has 0 saturated carbocycles. The van der Waals surface area contributed by atoms with Gasteiger partial charge in [0.05, 0.1) is 11.5 Å². The first-order chi connectivity index (χ1) is 16.2. The van der Waals surface area contributed by atoms with Gasteiger partial charge in [-0.25, -0.2) is 14.3 Å². The summed E-state index contributed by atoms with van der Waals surface area (Å²) in [5.41, 5.74) is 7.50. The maximum absolute atomic E-state index is 13.2. The van der Waals surface area contributed by atoms with Gasteiger partial charge < -0.3 is 16.2 Å². The van der Waals surface area contributed by atoms with Crippen LogP contribution in [0.2, 0.25) is 0 Å². The van der Waals surface area contributed by atoms with Crippen molar-refractivity contribution in [2.75, 3.05) is 6.66 Å². The zero-order valence-corrected chi connectivity index (χ0v) is 20.4. The van der Waals surface area contributed by atoms with Gasteiger partial charge in [-0.2, -0.15) is 0 Å². The fourth-order valence-electron chi connectivity index (χ4n) is 3.10. The molecule has 34 heavy (non-hydrogen) atoms. The highest BCUT2D eigenvalue weighted by atomic mass is 32.1. The van der Waals surface area contributed by atoms with Gasteiger partial charge in [0, 0.05) is 6.54 Å². The molecule has 1 unspecified atom stereocenters. The topological polar surface area (TPSA) is 132 Å². The number of aliphatic imine (C=N–C) groups is 1. The first-order valence-electron chi connectivity index (χ1n) is 10.2. The van der Waals surface area contributed by atoms with Gasteiger partial charge in [0.2, 0.25) is 0 Å². The van der Waals surface area contributed by atoms with E-state index < -0.39 is 25.6 Å². The van der Waals surface area contributed by atoms with Gasteiger partial charge in [0.15, 0.2) is 13.9 Å². The van der Waals surface area contributed by atoms with Gasteiger partial charge in [-0.1, -0.05) is 24.3 Å². The van der Waals surface area contributed by atoms with Crippen molar-refractivity contribution >= 4 is 47.9 Å². The molecule has 7 nitrogen and oxygen atoms in total. The quantitative estimate of drug-likeness (QED) is 0.106. The lowest BCUT2D eigenvalue weighted by molar-refractivity contribution is -0.117. The van der Waals surface area contributed by atoms with E-state index in [2.05, 4.69) is 10.3 Å². The van der Waals surface area contributed by atoms with Crippen molar-refractivity contribution in [1.29, 1.82) is 5.41 Å². The number of aliphatic hydroxyl groups excluding tert-OH is 1. The molecule has 6 N–H and O–H groups in total. The summed E-state index contributed by atoms with van der Waals surface area (Å²) >= 11 is 1.23. The molecule has 0 saturated heterocycles. The van der Waals surface area contributed by atoms with E-state index in [4.69, 9.17) is 11.1 Å². The van der Waals surface area contributed by atoms with E-state index in [0.29, 0.717) is 21.4 Å². The van der Waals surface area contributed by atoms with Crippen LogP contribution in [0.5, 0.6) is 0 Å². The Labute approximate surface area is 201 Å². The first kappa shape index (κ1) is 25.2. The van der Waals surface area contributed by atoms with Gasteiger partial charge in [0.1, 0.15) is 33.9 Å². The summed E-state index contributed by atoms with van der Waals surface area (Å²) in [6.07, 6.45) is 0. The number of amidine groups is 1. The fourth-order valence-corrected chi connectivity index (χ4v) is 4.73. The lowest BCUT2D eigenvalue weighted by Gasteiger charge is -2.13. The van der Waals surface area contributed by atoms with E-state index in [1.807, 2.05) is 6.92 Å². The van der Waals surface area contributed by atoms with Crippen LogP contribution in [0.1, 0.15) is 16.0 Å². The number of carbonyl (C=O) groups excluding carboxylic acids is 1. The van der Waals surface area contributed by atoms with E-state index in [9.17, 15) is 19.2 Å². The number of amides is 1.